The van der Waals surface area contributed by atoms with Gasteiger partial charge in [-0.25, -0.2) is 4.79 Å². The van der Waals surface area contributed by atoms with Crippen molar-refractivity contribution in [3.8, 4) is 11.5 Å². The van der Waals surface area contributed by atoms with Crippen LogP contribution in [0.3, 0.4) is 0 Å². The first kappa shape index (κ1) is 35.7. The highest BCUT2D eigenvalue weighted by atomic mass is 16.6. The second kappa shape index (κ2) is 16.0. The molecule has 4 N–H and O–H groups in total. The first-order valence-electron chi connectivity index (χ1n) is 16.3. The molecular formula is C36H53N3O6. The third-order valence-corrected chi connectivity index (χ3v) is 8.27. The van der Waals surface area contributed by atoms with Gasteiger partial charge in [0.15, 0.2) is 0 Å². The highest BCUT2D eigenvalue weighted by Crippen LogP contribution is 2.31. The predicted molar refractivity (Wildman–Crippen MR) is 176 cm³/mol. The third-order valence-electron chi connectivity index (χ3n) is 8.27. The summed E-state index contributed by atoms with van der Waals surface area (Å²) in [5, 5.41) is 26.2. The van der Waals surface area contributed by atoms with Crippen molar-refractivity contribution in [2.45, 2.75) is 130 Å². The summed E-state index contributed by atoms with van der Waals surface area (Å²) in [5.41, 5.74) is 1.12. The Bertz CT molecular complexity index is 1280. The number of benzene rings is 2. The lowest BCUT2D eigenvalue weighted by Crippen LogP contribution is -2.57. The number of carbonyl (C=O) groups excluding carboxylic acids is 3. The normalized spacial score (nSPS) is 16.0. The second-order valence-corrected chi connectivity index (χ2v) is 13.9. The van der Waals surface area contributed by atoms with E-state index in [4.69, 9.17) is 4.74 Å². The molecule has 1 saturated carbocycles. The SMILES string of the molecule is Cc1cc(C(C(=O)NC2CCCCC2)N(C(=O)C(Cc2ccc(O)cc2)NC(=O)OC(C)(C)C)C(C)CCC(C)C)ccc1O. The molecule has 0 bridgehead atoms. The number of nitrogens with zero attached hydrogens (tertiary/aromatic N) is 1. The molecule has 0 spiro atoms. The number of phenols is 2. The average molecular weight is 624 g/mol. The van der Waals surface area contributed by atoms with E-state index < -0.39 is 29.7 Å². The Morgan fingerprint density at radius 2 is 1.60 bits per heavy atom. The quantitative estimate of drug-likeness (QED) is 0.209. The van der Waals surface area contributed by atoms with Gasteiger partial charge in [-0.3, -0.25) is 9.59 Å². The van der Waals surface area contributed by atoms with E-state index in [0.717, 1.165) is 44.1 Å². The molecule has 3 amide bonds. The van der Waals surface area contributed by atoms with Crippen molar-refractivity contribution in [2.24, 2.45) is 5.92 Å². The van der Waals surface area contributed by atoms with Gasteiger partial charge in [-0.1, -0.05) is 51.3 Å². The molecule has 1 aliphatic rings. The van der Waals surface area contributed by atoms with Gasteiger partial charge in [0.05, 0.1) is 0 Å². The van der Waals surface area contributed by atoms with Gasteiger partial charge in [0, 0.05) is 18.5 Å². The Morgan fingerprint density at radius 3 is 2.18 bits per heavy atom. The predicted octanol–water partition coefficient (Wildman–Crippen LogP) is 6.69. The maximum atomic E-state index is 14.8. The van der Waals surface area contributed by atoms with Gasteiger partial charge in [0.25, 0.3) is 0 Å². The second-order valence-electron chi connectivity index (χ2n) is 13.9. The molecule has 2 aromatic rings. The lowest BCUT2D eigenvalue weighted by Gasteiger charge is -2.39. The molecule has 2 aromatic carbocycles. The fourth-order valence-electron chi connectivity index (χ4n) is 5.82. The Labute approximate surface area is 268 Å². The molecule has 9 nitrogen and oxygen atoms in total. The molecule has 0 aliphatic heterocycles. The van der Waals surface area contributed by atoms with Crippen LogP contribution in [0.4, 0.5) is 4.79 Å². The number of aryl methyl sites for hydroxylation is 1. The molecule has 0 radical (unpaired) electrons. The number of carbonyl (C=O) groups is 3. The Morgan fingerprint density at radius 1 is 0.956 bits per heavy atom. The summed E-state index contributed by atoms with van der Waals surface area (Å²) in [5.74, 6) is -0.125. The number of hydrogen-bond donors (Lipinski definition) is 4. The molecule has 3 atom stereocenters. The van der Waals surface area contributed by atoms with Crippen molar-refractivity contribution >= 4 is 17.9 Å². The van der Waals surface area contributed by atoms with Crippen molar-refractivity contribution in [2.75, 3.05) is 0 Å². The third kappa shape index (κ3) is 11.0. The van der Waals surface area contributed by atoms with E-state index >= 15 is 0 Å². The van der Waals surface area contributed by atoms with Gasteiger partial charge in [-0.15, -0.1) is 0 Å². The number of nitrogens with one attached hydrogen (secondary N) is 2. The van der Waals surface area contributed by atoms with Crippen molar-refractivity contribution < 1.29 is 29.3 Å². The van der Waals surface area contributed by atoms with Crippen LogP contribution in [0, 0.1) is 12.8 Å². The zero-order valence-electron chi connectivity index (χ0n) is 28.1. The van der Waals surface area contributed by atoms with Crippen LogP contribution < -0.4 is 10.6 Å². The minimum absolute atomic E-state index is 0.0163. The minimum Gasteiger partial charge on any atom is -0.508 e. The Kier molecular flexibility index (Phi) is 12.7. The number of phenolic OH excluding ortho intramolecular Hbond substituents is 2. The first-order chi connectivity index (χ1) is 21.1. The maximum absolute atomic E-state index is 14.8. The van der Waals surface area contributed by atoms with E-state index in [9.17, 15) is 24.6 Å². The standard InChI is InChI=1S/C36H53N3O6/c1-23(2)13-14-25(4)39(32(27-17-20-31(41)24(3)21-27)33(42)37-28-11-9-8-10-12-28)34(43)30(38-35(44)45-36(5,6)7)22-26-15-18-29(40)19-16-26/h15-21,23,25,28,30,32,40-41H,8-14,22H2,1-7H3,(H,37,42)(H,38,44). The minimum atomic E-state index is -1.06. The first-order valence-corrected chi connectivity index (χ1v) is 16.3. The van der Waals surface area contributed by atoms with Gasteiger partial charge in [-0.2, -0.15) is 0 Å². The van der Waals surface area contributed by atoms with Crippen molar-refractivity contribution in [1.29, 1.82) is 0 Å². The van der Waals surface area contributed by atoms with Gasteiger partial charge in [-0.05, 0) is 107 Å². The smallest absolute Gasteiger partial charge is 0.408 e. The number of amides is 3. The lowest BCUT2D eigenvalue weighted by molar-refractivity contribution is -0.145. The summed E-state index contributed by atoms with van der Waals surface area (Å²) in [7, 11) is 0. The molecule has 0 saturated heterocycles. The molecule has 1 aliphatic carbocycles. The fourth-order valence-corrected chi connectivity index (χ4v) is 5.82. The largest absolute Gasteiger partial charge is 0.508 e. The number of alkyl carbamates (subject to hydrolysis) is 1. The van der Waals surface area contributed by atoms with Crippen LogP contribution in [0.15, 0.2) is 42.5 Å². The van der Waals surface area contributed by atoms with Crippen molar-refractivity contribution in [1.82, 2.24) is 15.5 Å². The summed E-state index contributed by atoms with van der Waals surface area (Å²) in [6.07, 6.45) is 5.84. The summed E-state index contributed by atoms with van der Waals surface area (Å²) in [6.45, 7) is 13.2. The summed E-state index contributed by atoms with van der Waals surface area (Å²) in [6, 6.07) is 9.08. The van der Waals surface area contributed by atoms with Crippen LogP contribution in [-0.4, -0.2) is 56.7 Å². The van der Waals surface area contributed by atoms with Crippen LogP contribution in [-0.2, 0) is 20.7 Å². The molecule has 3 rings (SSSR count). The molecule has 0 heterocycles. The Balaban J connectivity index is 2.11. The van der Waals surface area contributed by atoms with E-state index in [0.29, 0.717) is 23.5 Å². The number of hydrogen-bond acceptors (Lipinski definition) is 6. The van der Waals surface area contributed by atoms with Crippen LogP contribution in [0.25, 0.3) is 0 Å². The highest BCUT2D eigenvalue weighted by molar-refractivity contribution is 5.92. The Hall–Kier alpha value is -3.75. The number of ether oxygens (including phenoxy) is 1. The topological polar surface area (TPSA) is 128 Å². The van der Waals surface area contributed by atoms with E-state index in [1.807, 2.05) is 6.92 Å². The summed E-state index contributed by atoms with van der Waals surface area (Å²) in [4.78, 5) is 43.9. The summed E-state index contributed by atoms with van der Waals surface area (Å²) >= 11 is 0. The van der Waals surface area contributed by atoms with E-state index in [2.05, 4.69) is 24.5 Å². The molecule has 0 aromatic heterocycles. The number of rotatable bonds is 12. The average Bonchev–Trinajstić information content (AvgIpc) is 2.96. The molecule has 1 fully saturated rings. The number of aromatic hydroxyl groups is 2. The highest BCUT2D eigenvalue weighted by Gasteiger charge is 2.39. The van der Waals surface area contributed by atoms with Crippen molar-refractivity contribution in [3.05, 3.63) is 59.2 Å². The molecule has 9 heteroatoms. The van der Waals surface area contributed by atoms with Gasteiger partial charge >= 0.3 is 6.09 Å². The van der Waals surface area contributed by atoms with Gasteiger partial charge in [0.2, 0.25) is 11.8 Å². The van der Waals surface area contributed by atoms with Gasteiger partial charge < -0.3 is 30.5 Å². The van der Waals surface area contributed by atoms with Gasteiger partial charge in [0.1, 0.15) is 29.2 Å². The van der Waals surface area contributed by atoms with E-state index in [-0.39, 0.29) is 35.9 Å². The molecular weight excluding hydrogens is 570 g/mol. The van der Waals surface area contributed by atoms with Crippen molar-refractivity contribution in [3.63, 3.8) is 0 Å². The molecule has 3 unspecified atom stereocenters. The zero-order chi connectivity index (χ0) is 33.3. The maximum Gasteiger partial charge on any atom is 0.408 e. The summed E-state index contributed by atoms with van der Waals surface area (Å²) < 4.78 is 5.55. The molecule has 248 valence electrons. The van der Waals surface area contributed by atoms with Crippen LogP contribution >= 0.6 is 0 Å². The van der Waals surface area contributed by atoms with Crippen LogP contribution in [0.5, 0.6) is 11.5 Å². The molecule has 45 heavy (non-hydrogen) atoms. The zero-order valence-corrected chi connectivity index (χ0v) is 28.1. The van der Waals surface area contributed by atoms with Crippen LogP contribution in [0.2, 0.25) is 0 Å². The van der Waals surface area contributed by atoms with E-state index in [1.54, 1.807) is 62.9 Å². The fraction of sp³-hybridized carbons (Fsp3) is 0.583. The lowest BCUT2D eigenvalue weighted by atomic mass is 9.93. The monoisotopic (exact) mass is 623 g/mol. The van der Waals surface area contributed by atoms with E-state index in [1.165, 1.54) is 12.1 Å². The van der Waals surface area contributed by atoms with Crippen LogP contribution in [0.1, 0.15) is 109 Å².